The summed E-state index contributed by atoms with van der Waals surface area (Å²) in [6.45, 7) is 13.3. The van der Waals surface area contributed by atoms with E-state index in [9.17, 15) is 4.79 Å². The van der Waals surface area contributed by atoms with Crippen molar-refractivity contribution in [2.45, 2.75) is 58.9 Å². The summed E-state index contributed by atoms with van der Waals surface area (Å²) in [5.74, 6) is 0.325. The maximum absolute atomic E-state index is 12.0. The van der Waals surface area contributed by atoms with Gasteiger partial charge in [-0.05, 0) is 6.42 Å². The molecule has 5 heteroatoms. The topological polar surface area (TPSA) is 36.4 Å². The first kappa shape index (κ1) is 17.4. The lowest BCUT2D eigenvalue weighted by molar-refractivity contribution is -0.133. The molecule has 2 rings (SSSR count). The quantitative estimate of drug-likeness (QED) is 0.834. The van der Waals surface area contributed by atoms with Gasteiger partial charge >= 0.3 is 0 Å². The van der Waals surface area contributed by atoms with Crippen LogP contribution >= 0.6 is 11.3 Å². The lowest BCUT2D eigenvalue weighted by atomic mass is 9.93. The molecule has 1 aromatic rings. The standard InChI is InChI=1S/C17H29N3OS/c1-5-6-7-16(21)20-10-8-19(9-11-20)12-15-18-14(13-22-15)17(2,3)4/h13H,5-12H2,1-4H3. The second-order valence-corrected chi connectivity index (χ2v) is 8.08. The first-order chi connectivity index (χ1) is 10.4. The van der Waals surface area contributed by atoms with E-state index in [0.717, 1.165) is 45.6 Å². The normalized spacial score (nSPS) is 17.0. The highest BCUT2D eigenvalue weighted by atomic mass is 32.1. The summed E-state index contributed by atoms with van der Waals surface area (Å²) >= 11 is 1.75. The number of nitrogens with zero attached hydrogens (tertiary/aromatic N) is 3. The van der Waals surface area contributed by atoms with Crippen molar-refractivity contribution >= 4 is 17.2 Å². The molecule has 1 aliphatic heterocycles. The Hall–Kier alpha value is -0.940. The first-order valence-corrected chi connectivity index (χ1v) is 9.23. The van der Waals surface area contributed by atoms with E-state index < -0.39 is 0 Å². The average Bonchev–Trinajstić information content (AvgIpc) is 2.94. The number of hydrogen-bond donors (Lipinski definition) is 0. The molecule has 0 unspecified atom stereocenters. The van der Waals surface area contributed by atoms with E-state index in [2.05, 4.69) is 38.0 Å². The van der Waals surface area contributed by atoms with Crippen LogP contribution < -0.4 is 0 Å². The van der Waals surface area contributed by atoms with Gasteiger partial charge in [-0.2, -0.15) is 0 Å². The molecule has 0 aromatic carbocycles. The fourth-order valence-corrected chi connectivity index (χ4v) is 3.62. The van der Waals surface area contributed by atoms with E-state index in [0.29, 0.717) is 12.3 Å². The number of amides is 1. The number of unbranched alkanes of at least 4 members (excludes halogenated alkanes) is 1. The summed E-state index contributed by atoms with van der Waals surface area (Å²) < 4.78 is 0. The minimum absolute atomic E-state index is 0.124. The smallest absolute Gasteiger partial charge is 0.222 e. The number of piperazine rings is 1. The van der Waals surface area contributed by atoms with Gasteiger partial charge in [0, 0.05) is 43.4 Å². The van der Waals surface area contributed by atoms with Crippen LogP contribution in [0.1, 0.15) is 57.7 Å². The van der Waals surface area contributed by atoms with Crippen LogP contribution in [0.2, 0.25) is 0 Å². The Morgan fingerprint density at radius 1 is 1.27 bits per heavy atom. The summed E-state index contributed by atoms with van der Waals surface area (Å²) in [7, 11) is 0. The van der Waals surface area contributed by atoms with Gasteiger partial charge in [-0.1, -0.05) is 34.1 Å². The zero-order valence-electron chi connectivity index (χ0n) is 14.4. The van der Waals surface area contributed by atoms with Crippen molar-refractivity contribution in [1.29, 1.82) is 0 Å². The van der Waals surface area contributed by atoms with Crippen LogP contribution in [0.4, 0.5) is 0 Å². The molecule has 1 saturated heterocycles. The molecule has 1 aliphatic rings. The van der Waals surface area contributed by atoms with Crippen molar-refractivity contribution < 1.29 is 4.79 Å². The van der Waals surface area contributed by atoms with Crippen LogP contribution in [0.3, 0.4) is 0 Å². The molecule has 124 valence electrons. The molecule has 0 bridgehead atoms. The Kier molecular flexibility index (Phi) is 5.98. The zero-order chi connectivity index (χ0) is 16.2. The monoisotopic (exact) mass is 323 g/mol. The van der Waals surface area contributed by atoms with Gasteiger partial charge in [0.05, 0.1) is 12.2 Å². The number of carbonyl (C=O) groups excluding carboxylic acids is 1. The predicted octanol–water partition coefficient (Wildman–Crippen LogP) is 3.28. The summed E-state index contributed by atoms with van der Waals surface area (Å²) in [6.07, 6.45) is 2.80. The van der Waals surface area contributed by atoms with Crippen LogP contribution in [0.15, 0.2) is 5.38 Å². The summed E-state index contributed by atoms with van der Waals surface area (Å²) in [5, 5.41) is 3.37. The second kappa shape index (κ2) is 7.55. The number of thiazole rings is 1. The minimum atomic E-state index is 0.124. The van der Waals surface area contributed by atoms with Crippen molar-refractivity contribution in [3.8, 4) is 0 Å². The lowest BCUT2D eigenvalue weighted by Crippen LogP contribution is -2.48. The molecule has 0 saturated carbocycles. The molecule has 0 radical (unpaired) electrons. The summed E-state index contributed by atoms with van der Waals surface area (Å²) in [6, 6.07) is 0. The fraction of sp³-hybridized carbons (Fsp3) is 0.765. The molecular weight excluding hydrogens is 294 g/mol. The molecule has 0 spiro atoms. The van der Waals surface area contributed by atoms with Gasteiger partial charge in [0.2, 0.25) is 5.91 Å². The maximum Gasteiger partial charge on any atom is 0.222 e. The third kappa shape index (κ3) is 4.78. The maximum atomic E-state index is 12.0. The summed E-state index contributed by atoms with van der Waals surface area (Å²) in [4.78, 5) is 21.2. The molecule has 22 heavy (non-hydrogen) atoms. The molecule has 0 atom stereocenters. The van der Waals surface area contributed by atoms with Gasteiger partial charge in [-0.3, -0.25) is 9.69 Å². The van der Waals surface area contributed by atoms with E-state index in [1.54, 1.807) is 11.3 Å². The highest BCUT2D eigenvalue weighted by molar-refractivity contribution is 7.09. The van der Waals surface area contributed by atoms with E-state index >= 15 is 0 Å². The molecule has 4 nitrogen and oxygen atoms in total. The highest BCUT2D eigenvalue weighted by Gasteiger charge is 2.22. The van der Waals surface area contributed by atoms with E-state index in [1.807, 2.05) is 4.90 Å². The van der Waals surface area contributed by atoms with Crippen molar-refractivity contribution in [2.75, 3.05) is 26.2 Å². The van der Waals surface area contributed by atoms with E-state index in [1.165, 1.54) is 10.7 Å². The Labute approximate surface area is 138 Å². The number of carbonyl (C=O) groups is 1. The van der Waals surface area contributed by atoms with E-state index in [4.69, 9.17) is 4.98 Å². The van der Waals surface area contributed by atoms with E-state index in [-0.39, 0.29) is 5.41 Å². The number of hydrogen-bond acceptors (Lipinski definition) is 4. The van der Waals surface area contributed by atoms with Crippen LogP contribution in [-0.4, -0.2) is 46.9 Å². The molecular formula is C17H29N3OS. The van der Waals surface area contributed by atoms with Gasteiger partial charge in [-0.25, -0.2) is 4.98 Å². The fourth-order valence-electron chi connectivity index (χ4n) is 2.56. The first-order valence-electron chi connectivity index (χ1n) is 8.35. The predicted molar refractivity (Wildman–Crippen MR) is 92.2 cm³/mol. The third-order valence-electron chi connectivity index (χ3n) is 4.15. The van der Waals surface area contributed by atoms with Crippen LogP contribution in [0.5, 0.6) is 0 Å². The SMILES string of the molecule is CCCCC(=O)N1CCN(Cc2nc(C(C)(C)C)cs2)CC1. The molecule has 2 heterocycles. The largest absolute Gasteiger partial charge is 0.340 e. The highest BCUT2D eigenvalue weighted by Crippen LogP contribution is 2.24. The Morgan fingerprint density at radius 2 is 1.95 bits per heavy atom. The lowest BCUT2D eigenvalue weighted by Gasteiger charge is -2.34. The van der Waals surface area contributed by atoms with Gasteiger partial charge in [0.1, 0.15) is 5.01 Å². The Morgan fingerprint density at radius 3 is 2.50 bits per heavy atom. The Bertz CT molecular complexity index is 484. The van der Waals surface area contributed by atoms with Crippen molar-refractivity contribution in [3.05, 3.63) is 16.1 Å². The summed E-state index contributed by atoms with van der Waals surface area (Å²) in [5.41, 5.74) is 1.31. The molecule has 0 N–H and O–H groups in total. The van der Waals surface area contributed by atoms with Crippen LogP contribution in [-0.2, 0) is 16.8 Å². The zero-order valence-corrected chi connectivity index (χ0v) is 15.2. The number of aromatic nitrogens is 1. The van der Waals surface area contributed by atoms with Gasteiger partial charge in [-0.15, -0.1) is 11.3 Å². The molecule has 0 aliphatic carbocycles. The van der Waals surface area contributed by atoms with Crippen molar-refractivity contribution in [3.63, 3.8) is 0 Å². The van der Waals surface area contributed by atoms with Crippen molar-refractivity contribution in [1.82, 2.24) is 14.8 Å². The van der Waals surface area contributed by atoms with Crippen molar-refractivity contribution in [2.24, 2.45) is 0 Å². The Balaban J connectivity index is 1.80. The third-order valence-corrected chi connectivity index (χ3v) is 4.98. The molecule has 1 amide bonds. The molecule has 1 aromatic heterocycles. The van der Waals surface area contributed by atoms with Gasteiger partial charge < -0.3 is 4.90 Å². The molecule has 1 fully saturated rings. The van der Waals surface area contributed by atoms with Gasteiger partial charge in [0.15, 0.2) is 0 Å². The van der Waals surface area contributed by atoms with Crippen LogP contribution in [0, 0.1) is 0 Å². The average molecular weight is 324 g/mol. The van der Waals surface area contributed by atoms with Crippen LogP contribution in [0.25, 0.3) is 0 Å². The van der Waals surface area contributed by atoms with Gasteiger partial charge in [0.25, 0.3) is 0 Å². The second-order valence-electron chi connectivity index (χ2n) is 7.14. The minimum Gasteiger partial charge on any atom is -0.340 e. The number of rotatable bonds is 5.